The van der Waals surface area contributed by atoms with Gasteiger partial charge in [-0.2, -0.15) is 4.21 Å². The Kier molecular flexibility index (Phi) is 7.05. The number of aromatic nitrogens is 2. The lowest BCUT2D eigenvalue weighted by Crippen LogP contribution is -2.34. The molecule has 1 atom stereocenters. The van der Waals surface area contributed by atoms with Crippen LogP contribution in [0.1, 0.15) is 41.6 Å². The van der Waals surface area contributed by atoms with Crippen LogP contribution in [0, 0.1) is 33.6 Å². The first-order chi connectivity index (χ1) is 15.2. The van der Waals surface area contributed by atoms with E-state index in [9.17, 15) is 4.21 Å². The quantitative estimate of drug-likeness (QED) is 0.418. The maximum Gasteiger partial charge on any atom is 0.301 e. The van der Waals surface area contributed by atoms with Gasteiger partial charge in [-0.1, -0.05) is 15.9 Å². The molecule has 0 bridgehead atoms. The van der Waals surface area contributed by atoms with Gasteiger partial charge in [-0.25, -0.2) is 4.98 Å². The Morgan fingerprint density at radius 1 is 1.12 bits per heavy atom. The summed E-state index contributed by atoms with van der Waals surface area (Å²) in [6, 6.07) is 6.52. The van der Waals surface area contributed by atoms with E-state index in [0.717, 1.165) is 48.2 Å². The number of benzene rings is 1. The minimum atomic E-state index is -2.17. The zero-order chi connectivity index (χ0) is 23.0. The first kappa shape index (κ1) is 23.4. The van der Waals surface area contributed by atoms with E-state index in [0.29, 0.717) is 12.5 Å². The molecule has 172 valence electrons. The smallest absolute Gasteiger partial charge is 0.301 e. The van der Waals surface area contributed by atoms with E-state index < -0.39 is 11.4 Å². The monoisotopic (exact) mass is 519 g/mol. The maximum absolute atomic E-state index is 10.7. The molecule has 1 aliphatic rings. The van der Waals surface area contributed by atoms with Crippen molar-refractivity contribution in [2.75, 3.05) is 24.6 Å². The SMILES string of the molecule is Cc1cc(N2CCC(CCOS(=O)O)CC2)c2c(C)cn(-c3c(C)cc(Br)cc3C)c2n1. The summed E-state index contributed by atoms with van der Waals surface area (Å²) >= 11 is 1.44. The second kappa shape index (κ2) is 9.63. The van der Waals surface area contributed by atoms with Crippen LogP contribution in [0.5, 0.6) is 0 Å². The number of pyridine rings is 1. The predicted molar refractivity (Wildman–Crippen MR) is 134 cm³/mol. The van der Waals surface area contributed by atoms with Gasteiger partial charge in [0.15, 0.2) is 0 Å². The lowest BCUT2D eigenvalue weighted by molar-refractivity contribution is 0.257. The molecule has 32 heavy (non-hydrogen) atoms. The first-order valence-electron chi connectivity index (χ1n) is 11.0. The van der Waals surface area contributed by atoms with Gasteiger partial charge in [-0.15, -0.1) is 0 Å². The van der Waals surface area contributed by atoms with Gasteiger partial charge in [-0.3, -0.25) is 8.74 Å². The summed E-state index contributed by atoms with van der Waals surface area (Å²) in [5, 5.41) is 1.22. The van der Waals surface area contributed by atoms with Crippen molar-refractivity contribution in [3.05, 3.63) is 51.3 Å². The molecule has 6 nitrogen and oxygen atoms in total. The van der Waals surface area contributed by atoms with Crippen LogP contribution < -0.4 is 4.90 Å². The molecule has 0 saturated carbocycles. The molecule has 4 rings (SSSR count). The molecule has 1 fully saturated rings. The summed E-state index contributed by atoms with van der Waals surface area (Å²) in [7, 11) is 0. The van der Waals surface area contributed by atoms with Crippen LogP contribution in [0.15, 0.2) is 28.9 Å². The van der Waals surface area contributed by atoms with Crippen LogP contribution in [0.2, 0.25) is 0 Å². The second-order valence-corrected chi connectivity index (χ2v) is 10.4. The van der Waals surface area contributed by atoms with Gasteiger partial charge >= 0.3 is 11.4 Å². The molecule has 0 radical (unpaired) electrons. The number of nitrogens with zero attached hydrogens (tertiary/aromatic N) is 3. The molecule has 0 amide bonds. The van der Waals surface area contributed by atoms with Crippen LogP contribution in [-0.4, -0.2) is 38.0 Å². The summed E-state index contributed by atoms with van der Waals surface area (Å²) in [6.07, 6.45) is 5.13. The van der Waals surface area contributed by atoms with Gasteiger partial charge < -0.3 is 9.47 Å². The molecule has 2 aromatic heterocycles. The molecular weight excluding hydrogens is 490 g/mol. The highest BCUT2D eigenvalue weighted by molar-refractivity contribution is 9.10. The summed E-state index contributed by atoms with van der Waals surface area (Å²) < 4.78 is 27.6. The van der Waals surface area contributed by atoms with Gasteiger partial charge in [-0.05, 0) is 87.8 Å². The van der Waals surface area contributed by atoms with Crippen molar-refractivity contribution < 1.29 is 12.9 Å². The van der Waals surface area contributed by atoms with E-state index in [4.69, 9.17) is 13.7 Å². The van der Waals surface area contributed by atoms with Gasteiger partial charge in [0.25, 0.3) is 0 Å². The fourth-order valence-electron chi connectivity index (χ4n) is 4.96. The summed E-state index contributed by atoms with van der Waals surface area (Å²) in [5.41, 5.74) is 8.12. The zero-order valence-electron chi connectivity index (χ0n) is 19.0. The third-order valence-electron chi connectivity index (χ3n) is 6.42. The molecule has 3 heterocycles. The summed E-state index contributed by atoms with van der Waals surface area (Å²) in [4.78, 5) is 7.43. The molecule has 1 N–H and O–H groups in total. The number of anilines is 1. The standard InChI is InChI=1S/C24H30BrN3O3S/c1-15-11-20(25)12-16(2)23(15)28-14-17(3)22-21(13-18(4)26-24(22)28)27-8-5-19(6-9-27)7-10-31-32(29)30/h11-14,19H,5-10H2,1-4H3,(H,29,30). The molecular formula is C24H30BrN3O3S. The van der Waals surface area contributed by atoms with E-state index in [1.165, 1.54) is 33.5 Å². The van der Waals surface area contributed by atoms with Gasteiger partial charge in [0, 0.05) is 40.5 Å². The molecule has 8 heteroatoms. The van der Waals surface area contributed by atoms with Crippen LogP contribution in [0.3, 0.4) is 0 Å². The van der Waals surface area contributed by atoms with E-state index >= 15 is 0 Å². The number of halogens is 1. The van der Waals surface area contributed by atoms with Crippen molar-refractivity contribution in [1.82, 2.24) is 9.55 Å². The Labute approximate surface area is 200 Å². The Bertz CT molecular complexity index is 1150. The molecule has 0 spiro atoms. The highest BCUT2D eigenvalue weighted by Gasteiger charge is 2.24. The van der Waals surface area contributed by atoms with Crippen LogP contribution in [0.25, 0.3) is 16.7 Å². The topological polar surface area (TPSA) is 67.6 Å². The van der Waals surface area contributed by atoms with E-state index in [1.54, 1.807) is 0 Å². The number of aryl methyl sites for hydroxylation is 4. The first-order valence-corrected chi connectivity index (χ1v) is 12.8. The van der Waals surface area contributed by atoms with Crippen molar-refractivity contribution in [3.63, 3.8) is 0 Å². The second-order valence-electron chi connectivity index (χ2n) is 8.81. The van der Waals surface area contributed by atoms with Gasteiger partial charge in [0.2, 0.25) is 0 Å². The Hall–Kier alpha value is -1.74. The third-order valence-corrected chi connectivity index (χ3v) is 7.24. The Balaban J connectivity index is 1.66. The minimum Gasteiger partial charge on any atom is -0.371 e. The number of hydrogen-bond donors (Lipinski definition) is 1. The van der Waals surface area contributed by atoms with Crippen molar-refractivity contribution in [3.8, 4) is 5.69 Å². The number of rotatable bonds is 6. The summed E-state index contributed by atoms with van der Waals surface area (Å²) in [5.74, 6) is 0.520. The zero-order valence-corrected chi connectivity index (χ0v) is 21.4. The Morgan fingerprint density at radius 3 is 2.41 bits per heavy atom. The van der Waals surface area contributed by atoms with Crippen molar-refractivity contribution >= 4 is 44.0 Å². The third kappa shape index (κ3) is 4.78. The van der Waals surface area contributed by atoms with Crippen LogP contribution >= 0.6 is 15.9 Å². The maximum atomic E-state index is 10.7. The predicted octanol–water partition coefficient (Wildman–Crippen LogP) is 5.78. The van der Waals surface area contributed by atoms with Gasteiger partial charge in [0.1, 0.15) is 5.65 Å². The van der Waals surface area contributed by atoms with Crippen molar-refractivity contribution in [2.24, 2.45) is 5.92 Å². The average Bonchev–Trinajstić information content (AvgIpc) is 3.03. The Morgan fingerprint density at radius 2 is 1.78 bits per heavy atom. The summed E-state index contributed by atoms with van der Waals surface area (Å²) in [6.45, 7) is 10.8. The molecule has 1 unspecified atom stereocenters. The molecule has 1 aromatic carbocycles. The highest BCUT2D eigenvalue weighted by Crippen LogP contribution is 2.36. The van der Waals surface area contributed by atoms with E-state index in [2.05, 4.69) is 77.5 Å². The molecule has 1 aliphatic heterocycles. The number of fused-ring (bicyclic) bond motifs is 1. The molecule has 0 aliphatic carbocycles. The van der Waals surface area contributed by atoms with Crippen molar-refractivity contribution in [2.45, 2.75) is 47.0 Å². The van der Waals surface area contributed by atoms with E-state index in [-0.39, 0.29) is 0 Å². The van der Waals surface area contributed by atoms with Crippen molar-refractivity contribution in [1.29, 1.82) is 0 Å². The lowest BCUT2D eigenvalue weighted by atomic mass is 9.93. The number of hydrogen-bond acceptors (Lipinski definition) is 4. The lowest BCUT2D eigenvalue weighted by Gasteiger charge is -2.34. The fraction of sp³-hybridized carbons (Fsp3) is 0.458. The van der Waals surface area contributed by atoms with Crippen LogP contribution in [-0.2, 0) is 15.5 Å². The molecule has 1 saturated heterocycles. The largest absolute Gasteiger partial charge is 0.371 e. The van der Waals surface area contributed by atoms with Gasteiger partial charge in [0.05, 0.1) is 12.3 Å². The minimum absolute atomic E-state index is 0.334. The highest BCUT2D eigenvalue weighted by atomic mass is 79.9. The van der Waals surface area contributed by atoms with E-state index in [1.807, 2.05) is 0 Å². The normalized spacial score (nSPS) is 16.1. The average molecular weight is 520 g/mol. The fourth-order valence-corrected chi connectivity index (χ4v) is 5.89. The number of piperidine rings is 1. The molecule has 3 aromatic rings. The van der Waals surface area contributed by atoms with Crippen LogP contribution in [0.4, 0.5) is 5.69 Å².